The molecule has 3 saturated heterocycles. The number of benzene rings is 1. The Kier molecular flexibility index (Phi) is 11.0. The molecule has 1 atom stereocenters. The smallest absolute Gasteiger partial charge is 0.322 e. The SMILES string of the molecule is O=C(C[C@H](NCC1=CC/C=N\NCC=C1)C(=O)N1CCC(N2CCCCC2)CC1)N1CCC(N2Cc3ccccc3NC2=O)CC1. The van der Waals surface area contributed by atoms with Gasteiger partial charge in [0.05, 0.1) is 19.0 Å². The van der Waals surface area contributed by atoms with Gasteiger partial charge in [-0.2, -0.15) is 5.10 Å². The van der Waals surface area contributed by atoms with Crippen LogP contribution in [0.4, 0.5) is 10.5 Å². The van der Waals surface area contributed by atoms with E-state index in [0.29, 0.717) is 45.2 Å². The molecule has 5 aliphatic rings. The van der Waals surface area contributed by atoms with Crippen LogP contribution < -0.4 is 16.1 Å². The molecule has 248 valence electrons. The van der Waals surface area contributed by atoms with Gasteiger partial charge in [0.25, 0.3) is 0 Å². The first kappa shape index (κ1) is 32.2. The standard InChI is InChI=1S/C35H50N8O3/c44-33(41-20-14-30(15-21-41)43-26-28-10-2-3-11-31(28)39-35(43)46)24-32(36-25-27-8-6-16-37-38-17-7-9-27)34(45)42-22-12-29(13-23-42)40-18-4-1-5-19-40/h2-3,6,8-11,17,29-30,32,36-37H,1,4-5,7,12-16,18-26H2,(H,39,46)/b8-6?,27-9?,38-17-/t32-/m0/s1. The summed E-state index contributed by atoms with van der Waals surface area (Å²) in [5, 5.41) is 10.7. The minimum Gasteiger partial charge on any atom is -0.342 e. The monoisotopic (exact) mass is 630 g/mol. The van der Waals surface area contributed by atoms with E-state index in [1.165, 1.54) is 32.4 Å². The van der Waals surface area contributed by atoms with Gasteiger partial charge in [-0.05, 0) is 68.8 Å². The summed E-state index contributed by atoms with van der Waals surface area (Å²) < 4.78 is 0. The number of piperidine rings is 3. The summed E-state index contributed by atoms with van der Waals surface area (Å²) in [6, 6.07) is 7.89. The van der Waals surface area contributed by atoms with E-state index in [0.717, 1.165) is 55.6 Å². The highest BCUT2D eigenvalue weighted by Crippen LogP contribution is 2.28. The van der Waals surface area contributed by atoms with Gasteiger partial charge in [-0.3, -0.25) is 9.59 Å². The number of urea groups is 1. The van der Waals surface area contributed by atoms with Gasteiger partial charge in [-0.1, -0.05) is 42.8 Å². The number of para-hydroxylation sites is 1. The number of nitrogens with one attached hydrogen (secondary N) is 3. The molecule has 0 aromatic heterocycles. The van der Waals surface area contributed by atoms with Gasteiger partial charge < -0.3 is 35.7 Å². The van der Waals surface area contributed by atoms with Crippen molar-refractivity contribution in [2.75, 3.05) is 57.7 Å². The number of amides is 4. The van der Waals surface area contributed by atoms with Gasteiger partial charge in [-0.25, -0.2) is 4.79 Å². The molecule has 0 radical (unpaired) electrons. The van der Waals surface area contributed by atoms with Crippen LogP contribution in [0.5, 0.6) is 0 Å². The highest BCUT2D eigenvalue weighted by Gasteiger charge is 2.35. The average Bonchev–Trinajstić information content (AvgIpc) is 3.24. The van der Waals surface area contributed by atoms with Crippen LogP contribution >= 0.6 is 0 Å². The van der Waals surface area contributed by atoms with E-state index < -0.39 is 6.04 Å². The zero-order chi connectivity index (χ0) is 31.7. The van der Waals surface area contributed by atoms with Crippen molar-refractivity contribution in [2.45, 2.75) is 82.5 Å². The number of carbonyl (C=O) groups is 3. The van der Waals surface area contributed by atoms with Crippen LogP contribution in [-0.4, -0.2) is 114 Å². The Labute approximate surface area is 273 Å². The summed E-state index contributed by atoms with van der Waals surface area (Å²) in [6.45, 7) is 6.72. The maximum absolute atomic E-state index is 14.0. The molecule has 46 heavy (non-hydrogen) atoms. The molecule has 6 rings (SSSR count). The number of hydrogen-bond donors (Lipinski definition) is 3. The zero-order valence-electron chi connectivity index (χ0n) is 27.0. The lowest BCUT2D eigenvalue weighted by atomic mass is 9.98. The van der Waals surface area contributed by atoms with Crippen molar-refractivity contribution in [3.8, 4) is 0 Å². The predicted octanol–water partition coefficient (Wildman–Crippen LogP) is 3.31. The van der Waals surface area contributed by atoms with Crippen molar-refractivity contribution in [2.24, 2.45) is 5.10 Å². The number of hydrogen-bond acceptors (Lipinski definition) is 7. The van der Waals surface area contributed by atoms with Gasteiger partial charge in [0.2, 0.25) is 11.8 Å². The lowest BCUT2D eigenvalue weighted by Gasteiger charge is -2.41. The maximum atomic E-state index is 14.0. The van der Waals surface area contributed by atoms with E-state index in [9.17, 15) is 14.4 Å². The Balaban J connectivity index is 1.06. The topological polar surface area (TPSA) is 113 Å². The van der Waals surface area contributed by atoms with Crippen molar-refractivity contribution in [1.82, 2.24) is 30.3 Å². The predicted molar refractivity (Wildman–Crippen MR) is 180 cm³/mol. The van der Waals surface area contributed by atoms with Crippen LogP contribution in [0.1, 0.15) is 63.4 Å². The number of likely N-dealkylation sites (tertiary alicyclic amines) is 3. The highest BCUT2D eigenvalue weighted by atomic mass is 16.2. The number of hydrazone groups is 1. The summed E-state index contributed by atoms with van der Waals surface area (Å²) in [5.41, 5.74) is 6.05. The van der Waals surface area contributed by atoms with Crippen LogP contribution in [0.15, 0.2) is 53.2 Å². The second kappa shape index (κ2) is 15.7. The van der Waals surface area contributed by atoms with Crippen LogP contribution in [0.3, 0.4) is 0 Å². The number of nitrogens with zero attached hydrogens (tertiary/aromatic N) is 5. The summed E-state index contributed by atoms with van der Waals surface area (Å²) >= 11 is 0. The zero-order valence-corrected chi connectivity index (χ0v) is 27.0. The first-order chi connectivity index (χ1) is 22.5. The second-order valence-corrected chi connectivity index (χ2v) is 13.2. The molecule has 1 aromatic rings. The second-order valence-electron chi connectivity index (χ2n) is 13.2. The van der Waals surface area contributed by atoms with E-state index in [1.54, 1.807) is 0 Å². The largest absolute Gasteiger partial charge is 0.342 e. The number of rotatable bonds is 8. The van der Waals surface area contributed by atoms with E-state index >= 15 is 0 Å². The molecule has 11 nitrogen and oxygen atoms in total. The Morgan fingerprint density at radius 1 is 0.935 bits per heavy atom. The van der Waals surface area contributed by atoms with Crippen molar-refractivity contribution < 1.29 is 14.4 Å². The molecule has 0 aliphatic carbocycles. The highest BCUT2D eigenvalue weighted by molar-refractivity contribution is 5.92. The lowest BCUT2D eigenvalue weighted by Crippen LogP contribution is -2.55. The number of carbonyl (C=O) groups excluding carboxylic acids is 3. The van der Waals surface area contributed by atoms with E-state index in [-0.39, 0.29) is 30.3 Å². The number of anilines is 1. The van der Waals surface area contributed by atoms with Crippen LogP contribution in [0.2, 0.25) is 0 Å². The van der Waals surface area contributed by atoms with Gasteiger partial charge in [0.1, 0.15) is 0 Å². The molecular weight excluding hydrogens is 580 g/mol. The molecule has 4 amide bonds. The molecule has 11 heteroatoms. The normalized spacial score (nSPS) is 23.3. The first-order valence-corrected chi connectivity index (χ1v) is 17.3. The Morgan fingerprint density at radius 2 is 1.67 bits per heavy atom. The quantitative estimate of drug-likeness (QED) is 0.407. The molecule has 5 aliphatic heterocycles. The maximum Gasteiger partial charge on any atom is 0.322 e. The lowest BCUT2D eigenvalue weighted by molar-refractivity contribution is -0.140. The molecule has 1 aromatic carbocycles. The molecule has 0 spiro atoms. The van der Waals surface area contributed by atoms with Crippen molar-refractivity contribution >= 4 is 29.7 Å². The van der Waals surface area contributed by atoms with Gasteiger partial charge in [-0.15, -0.1) is 0 Å². The van der Waals surface area contributed by atoms with Gasteiger partial charge in [0.15, 0.2) is 0 Å². The average molecular weight is 631 g/mol. The summed E-state index contributed by atoms with van der Waals surface area (Å²) in [4.78, 5) is 49.0. The van der Waals surface area contributed by atoms with Gasteiger partial charge >= 0.3 is 6.03 Å². The molecule has 0 bridgehead atoms. The van der Waals surface area contributed by atoms with E-state index in [1.807, 2.05) is 45.2 Å². The third kappa shape index (κ3) is 8.17. The first-order valence-electron chi connectivity index (χ1n) is 17.3. The molecule has 0 unspecified atom stereocenters. The summed E-state index contributed by atoms with van der Waals surface area (Å²) in [6.07, 6.45) is 16.2. The fourth-order valence-electron chi connectivity index (χ4n) is 7.53. The molecule has 5 heterocycles. The molecule has 0 saturated carbocycles. The third-order valence-corrected chi connectivity index (χ3v) is 10.2. The third-order valence-electron chi connectivity index (χ3n) is 10.2. The van der Waals surface area contributed by atoms with Crippen molar-refractivity contribution in [1.29, 1.82) is 0 Å². The number of fused-ring (bicyclic) bond motifs is 1. The molecular formula is C35H50N8O3. The van der Waals surface area contributed by atoms with Crippen LogP contribution in [0.25, 0.3) is 0 Å². The fraction of sp³-hybridized carbons (Fsp3) is 0.600. The Hall–Kier alpha value is -3.70. The van der Waals surface area contributed by atoms with E-state index in [2.05, 4.69) is 44.3 Å². The fourth-order valence-corrected chi connectivity index (χ4v) is 7.53. The molecule has 3 fully saturated rings. The van der Waals surface area contributed by atoms with Gasteiger partial charge in [0, 0.05) is 69.7 Å². The Morgan fingerprint density at radius 3 is 2.48 bits per heavy atom. The minimum absolute atomic E-state index is 0.00346. The number of allylic oxidation sites excluding steroid dienone is 1. The van der Waals surface area contributed by atoms with Crippen LogP contribution in [-0.2, 0) is 16.1 Å². The van der Waals surface area contributed by atoms with Crippen LogP contribution in [0, 0.1) is 0 Å². The Bertz CT molecular complexity index is 1310. The van der Waals surface area contributed by atoms with Crippen molar-refractivity contribution in [3.05, 3.63) is 53.6 Å². The minimum atomic E-state index is -0.588. The van der Waals surface area contributed by atoms with E-state index in [4.69, 9.17) is 0 Å². The summed E-state index contributed by atoms with van der Waals surface area (Å²) in [7, 11) is 0. The van der Waals surface area contributed by atoms with Crippen molar-refractivity contribution in [3.63, 3.8) is 0 Å². The molecule has 3 N–H and O–H groups in total. The summed E-state index contributed by atoms with van der Waals surface area (Å²) in [5.74, 6) is 0.0242.